The molecule has 0 aliphatic rings. The van der Waals surface area contributed by atoms with Gasteiger partial charge in [-0.05, 0) is 56.0 Å². The number of halogens is 3. The molecule has 0 saturated carbocycles. The Hall–Kier alpha value is -1.07. The van der Waals surface area contributed by atoms with Crippen LogP contribution >= 0.6 is 0 Å². The SMILES string of the molecule is CCCNC(COCC(F)(F)F)c1cc(C)c(C)cc1C. The van der Waals surface area contributed by atoms with Gasteiger partial charge in [0.05, 0.1) is 12.6 Å². The van der Waals surface area contributed by atoms with Gasteiger partial charge in [-0.15, -0.1) is 0 Å². The van der Waals surface area contributed by atoms with Crippen LogP contribution in [0.2, 0.25) is 0 Å². The van der Waals surface area contributed by atoms with Gasteiger partial charge in [-0.1, -0.05) is 19.1 Å². The fraction of sp³-hybridized carbons (Fsp3) is 0.625. The van der Waals surface area contributed by atoms with Crippen LogP contribution in [0.5, 0.6) is 0 Å². The van der Waals surface area contributed by atoms with E-state index in [-0.39, 0.29) is 12.6 Å². The van der Waals surface area contributed by atoms with Gasteiger partial charge >= 0.3 is 6.18 Å². The summed E-state index contributed by atoms with van der Waals surface area (Å²) in [6.07, 6.45) is -3.37. The maximum absolute atomic E-state index is 12.2. The van der Waals surface area contributed by atoms with E-state index in [1.54, 1.807) is 0 Å². The first kappa shape index (κ1) is 18.0. The van der Waals surface area contributed by atoms with Crippen molar-refractivity contribution in [3.8, 4) is 0 Å². The van der Waals surface area contributed by atoms with E-state index >= 15 is 0 Å². The van der Waals surface area contributed by atoms with Crippen molar-refractivity contribution in [1.29, 1.82) is 0 Å². The molecule has 0 bridgehead atoms. The number of aryl methyl sites for hydroxylation is 3. The average molecular weight is 303 g/mol. The molecule has 1 atom stereocenters. The normalized spacial score (nSPS) is 13.5. The van der Waals surface area contributed by atoms with Gasteiger partial charge in [-0.2, -0.15) is 13.2 Å². The molecule has 0 heterocycles. The molecule has 1 aromatic rings. The van der Waals surface area contributed by atoms with E-state index in [1.165, 1.54) is 5.56 Å². The molecule has 1 unspecified atom stereocenters. The summed E-state index contributed by atoms with van der Waals surface area (Å²) in [6.45, 7) is 7.59. The van der Waals surface area contributed by atoms with Crippen molar-refractivity contribution in [3.63, 3.8) is 0 Å². The zero-order valence-corrected chi connectivity index (χ0v) is 13.1. The van der Waals surface area contributed by atoms with Gasteiger partial charge in [-0.3, -0.25) is 0 Å². The first-order chi connectivity index (χ1) is 9.74. The molecule has 0 fully saturated rings. The first-order valence-electron chi connectivity index (χ1n) is 7.20. The van der Waals surface area contributed by atoms with E-state index < -0.39 is 12.8 Å². The monoisotopic (exact) mass is 303 g/mol. The highest BCUT2D eigenvalue weighted by molar-refractivity contribution is 5.38. The Morgan fingerprint density at radius 2 is 1.71 bits per heavy atom. The summed E-state index contributed by atoms with van der Waals surface area (Å²) in [5.41, 5.74) is 4.40. The highest BCUT2D eigenvalue weighted by atomic mass is 19.4. The second-order valence-corrected chi connectivity index (χ2v) is 5.43. The Labute approximate surface area is 124 Å². The Morgan fingerprint density at radius 3 is 2.29 bits per heavy atom. The van der Waals surface area contributed by atoms with Crippen molar-refractivity contribution < 1.29 is 17.9 Å². The number of ether oxygens (including phenoxy) is 1. The molecule has 0 saturated heterocycles. The minimum Gasteiger partial charge on any atom is -0.370 e. The summed E-state index contributed by atoms with van der Waals surface area (Å²) < 4.78 is 41.5. The predicted octanol–water partition coefficient (Wildman–Crippen LogP) is 4.23. The highest BCUT2D eigenvalue weighted by Gasteiger charge is 2.28. The molecule has 1 rings (SSSR count). The fourth-order valence-corrected chi connectivity index (χ4v) is 2.23. The Kier molecular flexibility index (Phi) is 6.68. The van der Waals surface area contributed by atoms with Gasteiger partial charge in [0.25, 0.3) is 0 Å². The lowest BCUT2D eigenvalue weighted by Crippen LogP contribution is -2.29. The van der Waals surface area contributed by atoms with Crippen molar-refractivity contribution in [1.82, 2.24) is 5.32 Å². The highest BCUT2D eigenvalue weighted by Crippen LogP contribution is 2.23. The lowest BCUT2D eigenvalue weighted by Gasteiger charge is -2.22. The van der Waals surface area contributed by atoms with Crippen LogP contribution in [0.3, 0.4) is 0 Å². The molecule has 120 valence electrons. The van der Waals surface area contributed by atoms with Crippen LogP contribution < -0.4 is 5.32 Å². The molecule has 0 spiro atoms. The third-order valence-electron chi connectivity index (χ3n) is 3.45. The van der Waals surface area contributed by atoms with E-state index in [0.29, 0.717) is 0 Å². The molecule has 0 amide bonds. The van der Waals surface area contributed by atoms with Crippen molar-refractivity contribution in [2.24, 2.45) is 0 Å². The molecule has 0 aliphatic heterocycles. The number of rotatable bonds is 7. The summed E-state index contributed by atoms with van der Waals surface area (Å²) in [7, 11) is 0. The first-order valence-corrected chi connectivity index (χ1v) is 7.20. The zero-order valence-electron chi connectivity index (χ0n) is 13.1. The summed E-state index contributed by atoms with van der Waals surface area (Å²) >= 11 is 0. The van der Waals surface area contributed by atoms with Crippen LogP contribution in [0.25, 0.3) is 0 Å². The molecule has 0 aliphatic carbocycles. The maximum atomic E-state index is 12.2. The van der Waals surface area contributed by atoms with Gasteiger partial charge in [0, 0.05) is 0 Å². The van der Waals surface area contributed by atoms with Crippen molar-refractivity contribution in [2.75, 3.05) is 19.8 Å². The quantitative estimate of drug-likeness (QED) is 0.814. The Morgan fingerprint density at radius 1 is 1.10 bits per heavy atom. The maximum Gasteiger partial charge on any atom is 0.411 e. The van der Waals surface area contributed by atoms with Crippen LogP contribution in [0.1, 0.15) is 41.6 Å². The minimum atomic E-state index is -4.28. The minimum absolute atomic E-state index is 0.0167. The van der Waals surface area contributed by atoms with E-state index in [1.807, 2.05) is 33.8 Å². The molecule has 1 N–H and O–H groups in total. The standard InChI is InChI=1S/C16H24F3NO/c1-5-6-20-15(9-21-10-16(17,18)19)14-8-12(3)11(2)7-13(14)4/h7-8,15,20H,5-6,9-10H2,1-4H3. The summed E-state index contributed by atoms with van der Waals surface area (Å²) in [5.74, 6) is 0. The van der Waals surface area contributed by atoms with Crippen molar-refractivity contribution >= 4 is 0 Å². The Balaban J connectivity index is 2.84. The second kappa shape index (κ2) is 7.80. The van der Waals surface area contributed by atoms with Gasteiger partial charge in [0.2, 0.25) is 0 Å². The van der Waals surface area contributed by atoms with Gasteiger partial charge < -0.3 is 10.1 Å². The van der Waals surface area contributed by atoms with E-state index in [9.17, 15) is 13.2 Å². The number of benzene rings is 1. The molecule has 0 aromatic heterocycles. The van der Waals surface area contributed by atoms with Crippen LogP contribution in [0.15, 0.2) is 12.1 Å². The summed E-state index contributed by atoms with van der Waals surface area (Å²) in [4.78, 5) is 0. The van der Waals surface area contributed by atoms with Crippen molar-refractivity contribution in [3.05, 3.63) is 34.4 Å². The van der Waals surface area contributed by atoms with Crippen LogP contribution in [0.4, 0.5) is 13.2 Å². The number of nitrogens with one attached hydrogen (secondary N) is 1. The summed E-state index contributed by atoms with van der Waals surface area (Å²) in [6, 6.07) is 3.89. The molecule has 2 nitrogen and oxygen atoms in total. The number of hydrogen-bond acceptors (Lipinski definition) is 2. The number of alkyl halides is 3. The topological polar surface area (TPSA) is 21.3 Å². The van der Waals surface area contributed by atoms with Crippen LogP contribution in [0, 0.1) is 20.8 Å². The van der Waals surface area contributed by atoms with E-state index in [2.05, 4.69) is 11.4 Å². The molecule has 21 heavy (non-hydrogen) atoms. The van der Waals surface area contributed by atoms with E-state index in [4.69, 9.17) is 4.74 Å². The van der Waals surface area contributed by atoms with Gasteiger partial charge in [-0.25, -0.2) is 0 Å². The molecule has 0 radical (unpaired) electrons. The van der Waals surface area contributed by atoms with Gasteiger partial charge in [0.15, 0.2) is 0 Å². The lowest BCUT2D eigenvalue weighted by atomic mass is 9.96. The molecule has 5 heteroatoms. The Bertz CT molecular complexity index is 458. The van der Waals surface area contributed by atoms with Crippen LogP contribution in [-0.4, -0.2) is 25.9 Å². The third kappa shape index (κ3) is 6.06. The van der Waals surface area contributed by atoms with Crippen molar-refractivity contribution in [2.45, 2.75) is 46.3 Å². The molecule has 1 aromatic carbocycles. The number of hydrogen-bond donors (Lipinski definition) is 1. The van der Waals surface area contributed by atoms with E-state index in [0.717, 1.165) is 29.7 Å². The lowest BCUT2D eigenvalue weighted by molar-refractivity contribution is -0.175. The smallest absolute Gasteiger partial charge is 0.370 e. The van der Waals surface area contributed by atoms with Crippen LogP contribution in [-0.2, 0) is 4.74 Å². The third-order valence-corrected chi connectivity index (χ3v) is 3.45. The largest absolute Gasteiger partial charge is 0.411 e. The second-order valence-electron chi connectivity index (χ2n) is 5.43. The summed E-state index contributed by atoms with van der Waals surface area (Å²) in [5, 5.41) is 3.27. The fourth-order valence-electron chi connectivity index (χ4n) is 2.23. The zero-order chi connectivity index (χ0) is 16.0. The average Bonchev–Trinajstić information content (AvgIpc) is 2.37. The van der Waals surface area contributed by atoms with Gasteiger partial charge in [0.1, 0.15) is 6.61 Å². The predicted molar refractivity (Wildman–Crippen MR) is 78.6 cm³/mol. The molecular weight excluding hydrogens is 279 g/mol. The molecular formula is C16H24F3NO.